The maximum Gasteiger partial charge on any atom is 0.495 e. The van der Waals surface area contributed by atoms with Crippen molar-refractivity contribution >= 4 is 12.6 Å². The number of hydrogen-bond donors (Lipinski definition) is 0. The van der Waals surface area contributed by atoms with Gasteiger partial charge in [0.05, 0.1) is 23.9 Å². The molecule has 0 radical (unpaired) electrons. The maximum absolute atomic E-state index is 13.6. The van der Waals surface area contributed by atoms with E-state index in [1.807, 2.05) is 27.7 Å². The Morgan fingerprint density at radius 1 is 1.08 bits per heavy atom. The third kappa shape index (κ3) is 2.92. The third-order valence-electron chi connectivity index (χ3n) is 5.23. The van der Waals surface area contributed by atoms with Crippen LogP contribution in [0.25, 0.3) is 0 Å². The van der Waals surface area contributed by atoms with Gasteiger partial charge in [-0.3, -0.25) is 0 Å². The van der Waals surface area contributed by atoms with Crippen LogP contribution in [0.1, 0.15) is 57.6 Å². The zero-order valence-corrected chi connectivity index (χ0v) is 14.6. The van der Waals surface area contributed by atoms with E-state index in [0.29, 0.717) is 0 Å². The molecule has 0 spiro atoms. The van der Waals surface area contributed by atoms with Gasteiger partial charge in [0.15, 0.2) is 0 Å². The minimum atomic E-state index is -4.51. The van der Waals surface area contributed by atoms with Crippen molar-refractivity contribution < 1.29 is 27.2 Å². The van der Waals surface area contributed by atoms with Gasteiger partial charge in [-0.05, 0) is 63.5 Å². The number of rotatable bonds is 3. The molecule has 1 aliphatic heterocycles. The Bertz CT molecular complexity index is 635. The normalized spacial score (nSPS) is 22.8. The average molecular weight is 342 g/mol. The van der Waals surface area contributed by atoms with Crippen LogP contribution in [0.3, 0.4) is 0 Å². The fraction of sp³-hybridized carbons (Fsp3) is 0.647. The van der Waals surface area contributed by atoms with E-state index in [1.165, 1.54) is 7.11 Å². The molecule has 0 N–H and O–H groups in total. The molecule has 1 aliphatic carbocycles. The molecule has 0 aromatic heterocycles. The van der Waals surface area contributed by atoms with E-state index < -0.39 is 30.1 Å². The molecule has 1 aromatic carbocycles. The van der Waals surface area contributed by atoms with Crippen molar-refractivity contribution in [1.82, 2.24) is 0 Å². The van der Waals surface area contributed by atoms with E-state index in [2.05, 4.69) is 0 Å². The molecule has 0 amide bonds. The topological polar surface area (TPSA) is 27.7 Å². The fourth-order valence-corrected chi connectivity index (χ4v) is 2.91. The van der Waals surface area contributed by atoms with Crippen molar-refractivity contribution in [3.8, 4) is 5.75 Å². The first kappa shape index (κ1) is 17.6. The van der Waals surface area contributed by atoms with Crippen LogP contribution < -0.4 is 10.2 Å². The quantitative estimate of drug-likeness (QED) is 0.780. The Labute approximate surface area is 140 Å². The summed E-state index contributed by atoms with van der Waals surface area (Å²) >= 11 is 0. The standard InChI is InChI=1S/C17H22BF3O3/c1-15(2)16(3,4)24-18(23-15)13-8-11(10-6-7-10)14(22-5)9-12(13)17(19,20)21/h8-10H,6-7H2,1-5H3. The van der Waals surface area contributed by atoms with E-state index in [-0.39, 0.29) is 17.1 Å². The molecular formula is C17H22BF3O3. The molecule has 1 heterocycles. The van der Waals surface area contributed by atoms with Crippen LogP contribution >= 0.6 is 0 Å². The molecule has 1 saturated heterocycles. The smallest absolute Gasteiger partial charge is 0.495 e. The lowest BCUT2D eigenvalue weighted by molar-refractivity contribution is -0.137. The van der Waals surface area contributed by atoms with E-state index in [0.717, 1.165) is 24.5 Å². The summed E-state index contributed by atoms with van der Waals surface area (Å²) in [4.78, 5) is 0. The van der Waals surface area contributed by atoms with Crippen molar-refractivity contribution in [1.29, 1.82) is 0 Å². The average Bonchev–Trinajstić information content (AvgIpc) is 3.24. The molecule has 7 heteroatoms. The summed E-state index contributed by atoms with van der Waals surface area (Å²) in [6.07, 6.45) is -2.58. The van der Waals surface area contributed by atoms with Crippen LogP contribution in [0.5, 0.6) is 5.75 Å². The lowest BCUT2D eigenvalue weighted by atomic mass is 9.74. The zero-order valence-electron chi connectivity index (χ0n) is 14.6. The first-order valence-electron chi connectivity index (χ1n) is 8.11. The van der Waals surface area contributed by atoms with Gasteiger partial charge in [0.25, 0.3) is 0 Å². The number of alkyl halides is 3. The SMILES string of the molecule is COc1cc(C(F)(F)F)c(B2OC(C)(C)C(C)(C)O2)cc1C1CC1. The van der Waals surface area contributed by atoms with E-state index in [9.17, 15) is 13.2 Å². The highest BCUT2D eigenvalue weighted by Crippen LogP contribution is 2.46. The van der Waals surface area contributed by atoms with Crippen molar-refractivity contribution in [2.75, 3.05) is 7.11 Å². The summed E-state index contributed by atoms with van der Waals surface area (Å²) in [7, 11) is 0.352. The molecule has 1 aromatic rings. The second-order valence-corrected chi connectivity index (χ2v) is 7.54. The van der Waals surface area contributed by atoms with E-state index in [4.69, 9.17) is 14.0 Å². The number of halogens is 3. The molecule has 0 atom stereocenters. The summed E-state index contributed by atoms with van der Waals surface area (Å²) in [5.41, 5.74) is -1.32. The molecule has 3 rings (SSSR count). The van der Waals surface area contributed by atoms with Crippen LogP contribution in [0, 0.1) is 0 Å². The largest absolute Gasteiger partial charge is 0.496 e. The van der Waals surface area contributed by atoms with Crippen molar-refractivity contribution in [3.05, 3.63) is 23.3 Å². The van der Waals surface area contributed by atoms with Crippen LogP contribution in [0.2, 0.25) is 0 Å². The summed E-state index contributed by atoms with van der Waals surface area (Å²) in [5, 5.41) is 0. The second kappa shape index (κ2) is 5.40. The summed E-state index contributed by atoms with van der Waals surface area (Å²) in [6.45, 7) is 7.30. The summed E-state index contributed by atoms with van der Waals surface area (Å²) in [6, 6.07) is 2.63. The van der Waals surface area contributed by atoms with Crippen molar-refractivity contribution in [2.24, 2.45) is 0 Å². The first-order chi connectivity index (χ1) is 11.0. The predicted molar refractivity (Wildman–Crippen MR) is 85.7 cm³/mol. The van der Waals surface area contributed by atoms with Crippen molar-refractivity contribution in [3.63, 3.8) is 0 Å². The monoisotopic (exact) mass is 342 g/mol. The molecule has 0 unspecified atom stereocenters. The first-order valence-corrected chi connectivity index (χ1v) is 8.11. The summed E-state index contributed by atoms with van der Waals surface area (Å²) < 4.78 is 57.7. The number of ether oxygens (including phenoxy) is 1. The predicted octanol–water partition coefficient (Wildman–Crippen LogP) is 3.89. The van der Waals surface area contributed by atoms with Gasteiger partial charge in [-0.15, -0.1) is 0 Å². The number of methoxy groups -OCH3 is 1. The van der Waals surface area contributed by atoms with Gasteiger partial charge < -0.3 is 14.0 Å². The lowest BCUT2D eigenvalue weighted by Crippen LogP contribution is -2.41. The molecule has 0 bridgehead atoms. The van der Waals surface area contributed by atoms with Crippen LogP contribution in [0.15, 0.2) is 12.1 Å². The zero-order chi connectivity index (χ0) is 17.9. The van der Waals surface area contributed by atoms with Gasteiger partial charge in [0.1, 0.15) is 5.75 Å². The van der Waals surface area contributed by atoms with Gasteiger partial charge in [-0.1, -0.05) is 6.07 Å². The number of hydrogen-bond acceptors (Lipinski definition) is 3. The van der Waals surface area contributed by atoms with Gasteiger partial charge in [-0.2, -0.15) is 13.2 Å². The fourth-order valence-electron chi connectivity index (χ4n) is 2.91. The van der Waals surface area contributed by atoms with E-state index in [1.54, 1.807) is 6.07 Å². The van der Waals surface area contributed by atoms with Crippen LogP contribution in [-0.4, -0.2) is 25.4 Å². The molecule has 1 saturated carbocycles. The van der Waals surface area contributed by atoms with Gasteiger partial charge in [0.2, 0.25) is 0 Å². The Balaban J connectivity index is 2.11. The minimum Gasteiger partial charge on any atom is -0.496 e. The summed E-state index contributed by atoms with van der Waals surface area (Å²) in [5.74, 6) is 0.536. The molecule has 2 fully saturated rings. The van der Waals surface area contributed by atoms with Crippen LogP contribution in [-0.2, 0) is 15.5 Å². The molecule has 2 aliphatic rings. The Morgan fingerprint density at radius 2 is 1.62 bits per heavy atom. The Morgan fingerprint density at radius 3 is 2.04 bits per heavy atom. The van der Waals surface area contributed by atoms with Gasteiger partial charge in [0, 0.05) is 0 Å². The molecule has 3 nitrogen and oxygen atoms in total. The highest BCUT2D eigenvalue weighted by molar-refractivity contribution is 6.62. The maximum atomic E-state index is 13.6. The Kier molecular flexibility index (Phi) is 3.96. The molecule has 132 valence electrons. The highest BCUT2D eigenvalue weighted by Gasteiger charge is 2.54. The molecule has 24 heavy (non-hydrogen) atoms. The second-order valence-electron chi connectivity index (χ2n) is 7.54. The highest BCUT2D eigenvalue weighted by atomic mass is 19.4. The van der Waals surface area contributed by atoms with Gasteiger partial charge >= 0.3 is 13.3 Å². The molecular weight excluding hydrogens is 320 g/mol. The number of benzene rings is 1. The van der Waals surface area contributed by atoms with Gasteiger partial charge in [-0.25, -0.2) is 0 Å². The van der Waals surface area contributed by atoms with Crippen molar-refractivity contribution in [2.45, 2.75) is 63.8 Å². The minimum absolute atomic E-state index is 0.0313. The Hall–Kier alpha value is -1.21. The van der Waals surface area contributed by atoms with E-state index >= 15 is 0 Å². The lowest BCUT2D eigenvalue weighted by Gasteiger charge is -2.32. The third-order valence-corrected chi connectivity index (χ3v) is 5.23. The van der Waals surface area contributed by atoms with Crippen LogP contribution in [0.4, 0.5) is 13.2 Å².